The fourth-order valence-electron chi connectivity index (χ4n) is 3.17. The average molecular weight is 397 g/mol. The monoisotopic (exact) mass is 396 g/mol. The summed E-state index contributed by atoms with van der Waals surface area (Å²) in [5.41, 5.74) is 4.13. The summed E-state index contributed by atoms with van der Waals surface area (Å²) in [6.07, 6.45) is 1.73. The molecule has 0 saturated carbocycles. The molecule has 0 atom stereocenters. The molecule has 0 fully saturated rings. The molecule has 3 aromatic carbocycles. The summed E-state index contributed by atoms with van der Waals surface area (Å²) in [5, 5.41) is 18.9. The fourth-order valence-corrected chi connectivity index (χ4v) is 4.09. The molecule has 5 heteroatoms. The molecule has 4 rings (SSSR count). The molecule has 4 nitrogen and oxygen atoms in total. The van der Waals surface area contributed by atoms with Crippen molar-refractivity contribution >= 4 is 11.8 Å². The van der Waals surface area contributed by atoms with Gasteiger partial charge in [0.15, 0.2) is 5.16 Å². The van der Waals surface area contributed by atoms with Crippen LogP contribution in [0, 0.1) is 11.3 Å². The molecular formula is C24H20N4S. The third kappa shape index (κ3) is 4.74. The highest BCUT2D eigenvalue weighted by Crippen LogP contribution is 2.26. The largest absolute Gasteiger partial charge is 0.274 e. The minimum atomic E-state index is 0.677. The lowest BCUT2D eigenvalue weighted by atomic mass is 10.1. The molecule has 0 N–H and O–H groups in total. The number of aryl methyl sites for hydroxylation is 2. The maximum absolute atomic E-state index is 9.11. The Kier molecular flexibility index (Phi) is 6.04. The molecule has 0 saturated heterocycles. The van der Waals surface area contributed by atoms with Gasteiger partial charge in [-0.05, 0) is 41.8 Å². The zero-order valence-electron chi connectivity index (χ0n) is 15.9. The zero-order chi connectivity index (χ0) is 19.9. The van der Waals surface area contributed by atoms with E-state index >= 15 is 0 Å². The van der Waals surface area contributed by atoms with Crippen LogP contribution in [0.3, 0.4) is 0 Å². The van der Waals surface area contributed by atoms with Crippen molar-refractivity contribution in [1.82, 2.24) is 14.8 Å². The third-order valence-corrected chi connectivity index (χ3v) is 5.62. The van der Waals surface area contributed by atoms with Crippen LogP contribution in [-0.2, 0) is 18.6 Å². The Morgan fingerprint density at radius 3 is 2.28 bits per heavy atom. The quantitative estimate of drug-likeness (QED) is 0.402. The van der Waals surface area contributed by atoms with E-state index in [1.807, 2.05) is 48.5 Å². The molecule has 0 radical (unpaired) electrons. The van der Waals surface area contributed by atoms with Gasteiger partial charge in [-0.15, -0.1) is 10.2 Å². The Labute approximate surface area is 174 Å². The molecule has 0 amide bonds. The molecule has 4 aromatic rings. The highest BCUT2D eigenvalue weighted by Gasteiger charge is 2.14. The van der Waals surface area contributed by atoms with E-state index in [2.05, 4.69) is 57.2 Å². The summed E-state index contributed by atoms with van der Waals surface area (Å²) in [5.74, 6) is 1.69. The summed E-state index contributed by atoms with van der Waals surface area (Å²) in [6.45, 7) is 0. The Morgan fingerprint density at radius 1 is 0.793 bits per heavy atom. The number of rotatable bonds is 7. The minimum absolute atomic E-state index is 0.677. The van der Waals surface area contributed by atoms with Crippen LogP contribution in [0.2, 0.25) is 0 Å². The van der Waals surface area contributed by atoms with Crippen molar-refractivity contribution in [2.45, 2.75) is 23.8 Å². The number of para-hydroxylation sites is 1. The van der Waals surface area contributed by atoms with Crippen LogP contribution in [0.5, 0.6) is 0 Å². The Morgan fingerprint density at radius 2 is 1.52 bits per heavy atom. The van der Waals surface area contributed by atoms with E-state index in [1.165, 1.54) is 5.56 Å². The van der Waals surface area contributed by atoms with Gasteiger partial charge in [0.25, 0.3) is 0 Å². The molecule has 0 spiro atoms. The first-order valence-corrected chi connectivity index (χ1v) is 10.5. The molecule has 142 valence electrons. The van der Waals surface area contributed by atoms with Crippen molar-refractivity contribution in [3.8, 4) is 11.8 Å². The number of nitriles is 1. The Balaban J connectivity index is 1.58. The maximum Gasteiger partial charge on any atom is 0.196 e. The maximum atomic E-state index is 9.11. The van der Waals surface area contributed by atoms with Gasteiger partial charge in [0, 0.05) is 17.9 Å². The van der Waals surface area contributed by atoms with Crippen molar-refractivity contribution in [1.29, 1.82) is 5.26 Å². The highest BCUT2D eigenvalue weighted by atomic mass is 32.2. The van der Waals surface area contributed by atoms with Gasteiger partial charge >= 0.3 is 0 Å². The van der Waals surface area contributed by atoms with Gasteiger partial charge in [-0.2, -0.15) is 5.26 Å². The number of thioether (sulfide) groups is 1. The first-order valence-electron chi connectivity index (χ1n) is 9.49. The normalized spacial score (nSPS) is 10.6. The summed E-state index contributed by atoms with van der Waals surface area (Å²) < 4.78 is 2.14. The number of hydrogen-bond acceptors (Lipinski definition) is 4. The fraction of sp³-hybridized carbons (Fsp3) is 0.125. The average Bonchev–Trinajstić information content (AvgIpc) is 3.20. The van der Waals surface area contributed by atoms with Crippen molar-refractivity contribution in [3.05, 3.63) is 107 Å². The molecule has 0 unspecified atom stereocenters. The lowest BCUT2D eigenvalue weighted by molar-refractivity contribution is 0.798. The predicted molar refractivity (Wildman–Crippen MR) is 116 cm³/mol. The Hall–Kier alpha value is -3.36. The van der Waals surface area contributed by atoms with Crippen molar-refractivity contribution in [2.75, 3.05) is 0 Å². The lowest BCUT2D eigenvalue weighted by Crippen LogP contribution is -2.04. The standard InChI is InChI=1S/C24H20N4S/c25-17-20-10-7-11-21(16-20)18-29-24-27-26-23(15-14-19-8-3-1-4-9-19)28(24)22-12-5-2-6-13-22/h1-13,16H,14-15,18H2. The van der Waals surface area contributed by atoms with Gasteiger partial charge in [0.05, 0.1) is 11.6 Å². The third-order valence-electron chi connectivity index (χ3n) is 4.62. The first-order chi connectivity index (χ1) is 14.3. The number of benzene rings is 3. The first kappa shape index (κ1) is 19.0. The SMILES string of the molecule is N#Cc1cccc(CSc2nnc(CCc3ccccc3)n2-c2ccccc2)c1. The minimum Gasteiger partial charge on any atom is -0.274 e. The van der Waals surface area contributed by atoms with E-state index in [9.17, 15) is 0 Å². The van der Waals surface area contributed by atoms with Crippen molar-refractivity contribution in [2.24, 2.45) is 0 Å². The van der Waals surface area contributed by atoms with Gasteiger partial charge in [-0.3, -0.25) is 4.57 Å². The molecule has 0 aliphatic rings. The summed E-state index contributed by atoms with van der Waals surface area (Å²) in [6, 6.07) is 30.6. The molecular weight excluding hydrogens is 376 g/mol. The van der Waals surface area contributed by atoms with Gasteiger partial charge < -0.3 is 0 Å². The van der Waals surface area contributed by atoms with Crippen LogP contribution in [-0.4, -0.2) is 14.8 Å². The van der Waals surface area contributed by atoms with E-state index in [-0.39, 0.29) is 0 Å². The van der Waals surface area contributed by atoms with E-state index < -0.39 is 0 Å². The highest BCUT2D eigenvalue weighted by molar-refractivity contribution is 7.98. The second kappa shape index (κ2) is 9.22. The Bertz CT molecular complexity index is 1110. The van der Waals surface area contributed by atoms with Gasteiger partial charge in [-0.25, -0.2) is 0 Å². The number of hydrogen-bond donors (Lipinski definition) is 0. The van der Waals surface area contributed by atoms with Crippen LogP contribution in [0.1, 0.15) is 22.5 Å². The van der Waals surface area contributed by atoms with Crippen molar-refractivity contribution < 1.29 is 0 Å². The smallest absolute Gasteiger partial charge is 0.196 e. The zero-order valence-corrected chi connectivity index (χ0v) is 16.7. The van der Waals surface area contributed by atoms with Crippen LogP contribution >= 0.6 is 11.8 Å². The van der Waals surface area contributed by atoms with Gasteiger partial charge in [0.1, 0.15) is 5.82 Å². The molecule has 0 aliphatic carbocycles. The molecule has 1 heterocycles. The van der Waals surface area contributed by atoms with E-state index in [0.717, 1.165) is 40.8 Å². The van der Waals surface area contributed by atoms with Gasteiger partial charge in [0.2, 0.25) is 0 Å². The van der Waals surface area contributed by atoms with E-state index in [0.29, 0.717) is 5.56 Å². The van der Waals surface area contributed by atoms with E-state index in [4.69, 9.17) is 5.26 Å². The second-order valence-corrected chi connectivity index (χ2v) is 7.60. The topological polar surface area (TPSA) is 54.5 Å². The molecule has 0 bridgehead atoms. The summed E-state index contributed by atoms with van der Waals surface area (Å²) in [7, 11) is 0. The molecule has 0 aliphatic heterocycles. The number of nitrogens with zero attached hydrogens (tertiary/aromatic N) is 4. The second-order valence-electron chi connectivity index (χ2n) is 6.66. The van der Waals surface area contributed by atoms with E-state index in [1.54, 1.807) is 11.8 Å². The van der Waals surface area contributed by atoms with Gasteiger partial charge in [-0.1, -0.05) is 72.4 Å². The number of aromatic nitrogens is 3. The van der Waals surface area contributed by atoms with Crippen LogP contribution in [0.15, 0.2) is 90.1 Å². The molecule has 29 heavy (non-hydrogen) atoms. The predicted octanol–water partition coefficient (Wildman–Crippen LogP) is 5.22. The van der Waals surface area contributed by atoms with Crippen LogP contribution in [0.25, 0.3) is 5.69 Å². The molecule has 1 aromatic heterocycles. The van der Waals surface area contributed by atoms with Crippen LogP contribution in [0.4, 0.5) is 0 Å². The summed E-state index contributed by atoms with van der Waals surface area (Å²) in [4.78, 5) is 0. The van der Waals surface area contributed by atoms with Crippen molar-refractivity contribution in [3.63, 3.8) is 0 Å². The summed E-state index contributed by atoms with van der Waals surface area (Å²) >= 11 is 1.64. The van der Waals surface area contributed by atoms with Crippen LogP contribution < -0.4 is 0 Å². The lowest BCUT2D eigenvalue weighted by Gasteiger charge is -2.10.